The smallest absolute Gasteiger partial charge is 0.248 e. The molecule has 0 saturated carbocycles. The van der Waals surface area contributed by atoms with Crippen LogP contribution in [0.4, 0.5) is 21.7 Å². The SMILES string of the molecule is CC.N#Cc1cc(-c2ncnc(Nc3ccc(N4CCN(C5COC5)CC4)cc3)n2)ccc1O[C@H]1CCN(C=O)C[C@H]1F.O=C1NCC[C@H]1O. The van der Waals surface area contributed by atoms with Crippen molar-refractivity contribution in [3.05, 3.63) is 54.4 Å². The number of nitrogens with zero attached hydrogens (tertiary/aromatic N) is 7. The number of likely N-dealkylation sites (tertiary alicyclic amines) is 1. The highest BCUT2D eigenvalue weighted by Gasteiger charge is 2.31. The van der Waals surface area contributed by atoms with Crippen LogP contribution in [0.1, 0.15) is 32.3 Å². The van der Waals surface area contributed by atoms with E-state index in [2.05, 4.69) is 53.6 Å². The van der Waals surface area contributed by atoms with Gasteiger partial charge in [-0.05, 0) is 48.9 Å². The zero-order valence-corrected chi connectivity index (χ0v) is 28.4. The number of alkyl halides is 1. The number of halogens is 1. The molecule has 3 aromatic rings. The molecule has 14 nitrogen and oxygen atoms in total. The third kappa shape index (κ3) is 9.20. The van der Waals surface area contributed by atoms with Crippen LogP contribution in [0.2, 0.25) is 0 Å². The van der Waals surface area contributed by atoms with E-state index in [0.29, 0.717) is 55.7 Å². The second-order valence-corrected chi connectivity index (χ2v) is 12.0. The number of carbonyl (C=O) groups excluding carboxylic acids is 2. The van der Waals surface area contributed by atoms with Gasteiger partial charge in [-0.25, -0.2) is 14.4 Å². The van der Waals surface area contributed by atoms with Gasteiger partial charge in [-0.3, -0.25) is 14.5 Å². The predicted molar refractivity (Wildman–Crippen MR) is 185 cm³/mol. The van der Waals surface area contributed by atoms with Crippen LogP contribution in [0.15, 0.2) is 48.8 Å². The molecule has 1 aromatic heterocycles. The molecular formula is C35H44FN9O5. The van der Waals surface area contributed by atoms with Crippen molar-refractivity contribution in [3.63, 3.8) is 0 Å². The van der Waals surface area contributed by atoms with Crippen LogP contribution < -0.4 is 20.3 Å². The van der Waals surface area contributed by atoms with E-state index < -0.39 is 18.4 Å². The summed E-state index contributed by atoms with van der Waals surface area (Å²) in [6.45, 7) is 10.8. The molecule has 50 heavy (non-hydrogen) atoms. The fourth-order valence-corrected chi connectivity index (χ4v) is 5.90. The fourth-order valence-electron chi connectivity index (χ4n) is 5.90. The lowest BCUT2D eigenvalue weighted by Gasteiger charge is -2.43. The van der Waals surface area contributed by atoms with E-state index in [4.69, 9.17) is 14.6 Å². The summed E-state index contributed by atoms with van der Waals surface area (Å²) in [7, 11) is 0. The molecule has 2 amide bonds. The number of aromatic nitrogens is 3. The number of piperidine rings is 1. The van der Waals surface area contributed by atoms with Crippen LogP contribution in [-0.2, 0) is 14.3 Å². The Labute approximate surface area is 291 Å². The van der Waals surface area contributed by atoms with Gasteiger partial charge in [-0.1, -0.05) is 13.8 Å². The maximum atomic E-state index is 14.5. The van der Waals surface area contributed by atoms with Gasteiger partial charge in [0.15, 0.2) is 12.0 Å². The van der Waals surface area contributed by atoms with Gasteiger partial charge in [0, 0.05) is 62.6 Å². The molecule has 0 spiro atoms. The largest absolute Gasteiger partial charge is 0.486 e. The van der Waals surface area contributed by atoms with Gasteiger partial charge >= 0.3 is 0 Å². The molecular weight excluding hydrogens is 645 g/mol. The number of piperazine rings is 1. The quantitative estimate of drug-likeness (QED) is 0.296. The van der Waals surface area contributed by atoms with Crippen molar-refractivity contribution in [1.29, 1.82) is 5.26 Å². The van der Waals surface area contributed by atoms with Crippen LogP contribution in [0.25, 0.3) is 11.4 Å². The van der Waals surface area contributed by atoms with Gasteiger partial charge in [0.05, 0.1) is 31.4 Å². The Kier molecular flexibility index (Phi) is 12.8. The number of carbonyl (C=O) groups is 2. The predicted octanol–water partition coefficient (Wildman–Crippen LogP) is 2.52. The molecule has 0 aliphatic carbocycles. The Morgan fingerprint density at radius 3 is 2.42 bits per heavy atom. The molecule has 4 aliphatic heterocycles. The number of aliphatic hydroxyl groups is 1. The van der Waals surface area contributed by atoms with Crippen LogP contribution >= 0.6 is 0 Å². The highest BCUT2D eigenvalue weighted by molar-refractivity contribution is 5.82. The topological polar surface area (TPSA) is 169 Å². The summed E-state index contributed by atoms with van der Waals surface area (Å²) >= 11 is 0. The van der Waals surface area contributed by atoms with E-state index in [9.17, 15) is 19.2 Å². The molecule has 4 aliphatic rings. The summed E-state index contributed by atoms with van der Waals surface area (Å²) in [5, 5.41) is 24.0. The molecule has 3 atom stereocenters. The molecule has 4 fully saturated rings. The first-order chi connectivity index (χ1) is 24.4. The zero-order chi connectivity index (χ0) is 35.5. The first kappa shape index (κ1) is 36.4. The zero-order valence-electron chi connectivity index (χ0n) is 28.4. The maximum Gasteiger partial charge on any atom is 0.248 e. The third-order valence-electron chi connectivity index (χ3n) is 8.83. The number of nitriles is 1. The summed E-state index contributed by atoms with van der Waals surface area (Å²) in [4.78, 5) is 40.5. The highest BCUT2D eigenvalue weighted by Crippen LogP contribution is 2.29. The monoisotopic (exact) mass is 689 g/mol. The van der Waals surface area contributed by atoms with Gasteiger partial charge < -0.3 is 35.0 Å². The summed E-state index contributed by atoms with van der Waals surface area (Å²) in [5.74, 6) is 0.814. The van der Waals surface area contributed by atoms with Crippen LogP contribution in [0.5, 0.6) is 5.75 Å². The van der Waals surface area contributed by atoms with Gasteiger partial charge in [-0.15, -0.1) is 0 Å². The molecule has 0 bridgehead atoms. The number of hydrogen-bond acceptors (Lipinski definition) is 12. The Hall–Kier alpha value is -4.91. The number of aliphatic hydroxyl groups excluding tert-OH is 1. The minimum absolute atomic E-state index is 0.0228. The summed E-state index contributed by atoms with van der Waals surface area (Å²) in [6, 6.07) is 15.9. The second kappa shape index (κ2) is 17.7. The van der Waals surface area contributed by atoms with Crippen LogP contribution in [-0.4, -0.2) is 126 Å². The lowest BCUT2D eigenvalue weighted by Crippen LogP contribution is -2.56. The molecule has 3 N–H and O–H groups in total. The van der Waals surface area contributed by atoms with E-state index in [1.54, 1.807) is 18.2 Å². The minimum Gasteiger partial charge on any atom is -0.486 e. The number of rotatable bonds is 8. The summed E-state index contributed by atoms with van der Waals surface area (Å²) in [5.41, 5.74) is 2.88. The van der Waals surface area contributed by atoms with E-state index in [-0.39, 0.29) is 23.8 Å². The number of benzene rings is 2. The fraction of sp³-hybridized carbons (Fsp3) is 0.486. The standard InChI is InChI=1S/C29H31FN8O3.C4H7NO2.C2H6/c30-25-15-36(19-39)8-7-27(25)41-26-6-1-20(13-21(26)14-31)28-32-18-33-29(35-28)34-22-2-4-23(5-3-22)37-9-11-38(12-10-37)24-16-40-17-24;6-3-1-2-5-4(3)7;1-2/h1-6,13,18-19,24-25,27H,7-12,15-17H2,(H,32,33,34,35);3,6H,1-2H2,(H,5,7);1-2H3/t25-,27+;3-;/m11./s1. The lowest BCUT2D eigenvalue weighted by molar-refractivity contribution is -0.126. The lowest BCUT2D eigenvalue weighted by atomic mass is 10.1. The second-order valence-electron chi connectivity index (χ2n) is 12.0. The van der Waals surface area contributed by atoms with E-state index in [1.807, 2.05) is 26.0 Å². The van der Waals surface area contributed by atoms with Gasteiger partial charge in [0.1, 0.15) is 30.4 Å². The van der Waals surface area contributed by atoms with E-state index >= 15 is 0 Å². The number of anilines is 3. The molecule has 266 valence electrons. The first-order valence-electron chi connectivity index (χ1n) is 17.0. The van der Waals surface area contributed by atoms with Crippen molar-refractivity contribution < 1.29 is 28.6 Å². The summed E-state index contributed by atoms with van der Waals surface area (Å²) < 4.78 is 25.7. The van der Waals surface area contributed by atoms with Gasteiger partial charge in [-0.2, -0.15) is 10.2 Å². The average Bonchev–Trinajstić information content (AvgIpc) is 3.51. The van der Waals surface area contributed by atoms with Crippen molar-refractivity contribution >= 4 is 29.6 Å². The van der Waals surface area contributed by atoms with Crippen molar-refractivity contribution in [3.8, 4) is 23.2 Å². The molecule has 15 heteroatoms. The number of nitrogens with one attached hydrogen (secondary N) is 2. The molecule has 7 rings (SSSR count). The number of hydrogen-bond donors (Lipinski definition) is 3. The average molecular weight is 690 g/mol. The van der Waals surface area contributed by atoms with Crippen LogP contribution in [0, 0.1) is 11.3 Å². The van der Waals surface area contributed by atoms with Gasteiger partial charge in [0.2, 0.25) is 18.3 Å². The first-order valence-corrected chi connectivity index (χ1v) is 17.0. The summed E-state index contributed by atoms with van der Waals surface area (Å²) in [6.07, 6.45) is 0.179. The molecule has 2 aromatic carbocycles. The van der Waals surface area contributed by atoms with Crippen molar-refractivity contribution in [2.24, 2.45) is 0 Å². The van der Waals surface area contributed by atoms with Crippen molar-refractivity contribution in [2.75, 3.05) is 69.2 Å². The van der Waals surface area contributed by atoms with E-state index in [0.717, 1.165) is 45.1 Å². The van der Waals surface area contributed by atoms with Crippen LogP contribution in [0.3, 0.4) is 0 Å². The number of amides is 2. The Morgan fingerprint density at radius 2 is 1.84 bits per heavy atom. The Morgan fingerprint density at radius 1 is 1.08 bits per heavy atom. The van der Waals surface area contributed by atoms with E-state index in [1.165, 1.54) is 16.9 Å². The normalized spacial score (nSPS) is 22.1. The van der Waals surface area contributed by atoms with Crippen molar-refractivity contribution in [1.82, 2.24) is 30.1 Å². The maximum absolute atomic E-state index is 14.5. The van der Waals surface area contributed by atoms with Gasteiger partial charge in [0.25, 0.3) is 0 Å². The highest BCUT2D eigenvalue weighted by atomic mass is 19.1. The van der Waals surface area contributed by atoms with Crippen molar-refractivity contribution in [2.45, 2.75) is 51.1 Å². The molecule has 4 saturated heterocycles. The molecule has 0 unspecified atom stereocenters. The molecule has 5 heterocycles. The minimum atomic E-state index is -1.33. The number of ether oxygens (including phenoxy) is 2. The third-order valence-corrected chi connectivity index (χ3v) is 8.83. The Balaban J connectivity index is 0.000000477. The Bertz CT molecular complexity index is 1610. The molecule has 0 radical (unpaired) electrons.